The van der Waals surface area contributed by atoms with Crippen molar-refractivity contribution in [1.29, 1.82) is 0 Å². The van der Waals surface area contributed by atoms with Gasteiger partial charge in [0, 0.05) is 10.0 Å². The Morgan fingerprint density at radius 3 is 2.52 bits per heavy atom. The Morgan fingerprint density at radius 1 is 1.09 bits per heavy atom. The summed E-state index contributed by atoms with van der Waals surface area (Å²) in [5, 5.41) is 0. The molecule has 23 heavy (non-hydrogen) atoms. The minimum Gasteiger partial charge on any atom is -0.481 e. The Balaban J connectivity index is 1.87. The molecule has 0 aromatic heterocycles. The van der Waals surface area contributed by atoms with Crippen LogP contribution < -0.4 is 15.6 Å². The van der Waals surface area contributed by atoms with Gasteiger partial charge in [-0.2, -0.15) is 0 Å². The van der Waals surface area contributed by atoms with E-state index < -0.39 is 12.0 Å². The molecule has 2 N–H and O–H groups in total. The van der Waals surface area contributed by atoms with Gasteiger partial charge in [-0.25, -0.2) is 0 Å². The van der Waals surface area contributed by atoms with Crippen molar-refractivity contribution in [2.24, 2.45) is 0 Å². The van der Waals surface area contributed by atoms with Crippen LogP contribution in [-0.4, -0.2) is 17.9 Å². The highest BCUT2D eigenvalue weighted by Gasteiger charge is 2.16. The molecule has 2 amide bonds. The molecule has 0 aliphatic carbocycles. The largest absolute Gasteiger partial charge is 0.481 e. The van der Waals surface area contributed by atoms with Gasteiger partial charge in [0.15, 0.2) is 6.10 Å². The monoisotopic (exact) mass is 376 g/mol. The van der Waals surface area contributed by atoms with Crippen LogP contribution in [0.4, 0.5) is 0 Å². The van der Waals surface area contributed by atoms with Crippen molar-refractivity contribution >= 4 is 27.7 Å². The molecule has 0 saturated carbocycles. The van der Waals surface area contributed by atoms with Crippen LogP contribution >= 0.6 is 15.9 Å². The smallest absolute Gasteiger partial charge is 0.279 e. The van der Waals surface area contributed by atoms with E-state index in [1.54, 1.807) is 37.3 Å². The molecule has 0 radical (unpaired) electrons. The van der Waals surface area contributed by atoms with Gasteiger partial charge in [0.05, 0.1) is 0 Å². The van der Waals surface area contributed by atoms with Crippen molar-refractivity contribution in [3.05, 3.63) is 64.1 Å². The summed E-state index contributed by atoms with van der Waals surface area (Å²) in [7, 11) is 0. The minimum atomic E-state index is -0.748. The molecule has 2 aromatic carbocycles. The zero-order valence-electron chi connectivity index (χ0n) is 12.8. The van der Waals surface area contributed by atoms with Crippen LogP contribution in [0.3, 0.4) is 0 Å². The molecule has 0 unspecified atom stereocenters. The number of carbonyl (C=O) groups excluding carboxylic acids is 2. The van der Waals surface area contributed by atoms with Gasteiger partial charge in [0.25, 0.3) is 11.8 Å². The third kappa shape index (κ3) is 5.10. The first kappa shape index (κ1) is 17.0. The molecule has 6 heteroatoms. The predicted molar refractivity (Wildman–Crippen MR) is 91.0 cm³/mol. The number of aryl methyl sites for hydroxylation is 1. The Hall–Kier alpha value is -2.34. The molecule has 2 rings (SSSR count). The molecule has 0 saturated heterocycles. The molecule has 0 heterocycles. The fraction of sp³-hybridized carbons (Fsp3) is 0.176. The Bertz CT molecular complexity index is 718. The number of hydrogen-bond acceptors (Lipinski definition) is 3. The standard InChI is InChI=1S/C17H17BrN2O3/c1-11-5-3-6-13(9-11)17(22)20-19-16(21)12(2)23-15-8-4-7-14(18)10-15/h3-10,12H,1-2H3,(H,19,21)(H,20,22)/t12-/m0/s1. The molecule has 120 valence electrons. The van der Waals surface area contributed by atoms with Crippen molar-refractivity contribution in [2.45, 2.75) is 20.0 Å². The number of amides is 2. The third-order valence-corrected chi connectivity index (χ3v) is 3.55. The van der Waals surface area contributed by atoms with E-state index in [1.165, 1.54) is 0 Å². The SMILES string of the molecule is Cc1cccc(C(=O)NNC(=O)[C@H](C)Oc2cccc(Br)c2)c1. The van der Waals surface area contributed by atoms with Crippen LogP contribution in [-0.2, 0) is 4.79 Å². The normalized spacial score (nSPS) is 11.4. The Kier molecular flexibility index (Phi) is 5.76. The fourth-order valence-electron chi connectivity index (χ4n) is 1.88. The average Bonchev–Trinajstić information content (AvgIpc) is 2.52. The van der Waals surface area contributed by atoms with Crippen LogP contribution in [0.25, 0.3) is 0 Å². The Labute approximate surface area is 143 Å². The molecule has 0 spiro atoms. The van der Waals surface area contributed by atoms with Gasteiger partial charge < -0.3 is 4.74 Å². The van der Waals surface area contributed by atoms with Gasteiger partial charge in [-0.3, -0.25) is 20.4 Å². The van der Waals surface area contributed by atoms with Crippen molar-refractivity contribution in [1.82, 2.24) is 10.9 Å². The summed E-state index contributed by atoms with van der Waals surface area (Å²) in [5.41, 5.74) is 6.18. The van der Waals surface area contributed by atoms with Crippen LogP contribution in [0.1, 0.15) is 22.8 Å². The highest BCUT2D eigenvalue weighted by molar-refractivity contribution is 9.10. The second kappa shape index (κ2) is 7.78. The van der Waals surface area contributed by atoms with Gasteiger partial charge in [0.1, 0.15) is 5.75 Å². The van der Waals surface area contributed by atoms with Crippen molar-refractivity contribution in [3.8, 4) is 5.75 Å². The number of benzene rings is 2. The summed E-state index contributed by atoms with van der Waals surface area (Å²) in [6.07, 6.45) is -0.748. The van der Waals surface area contributed by atoms with E-state index in [1.807, 2.05) is 25.1 Å². The number of hydrazine groups is 1. The molecule has 5 nitrogen and oxygen atoms in total. The Morgan fingerprint density at radius 2 is 1.83 bits per heavy atom. The zero-order valence-corrected chi connectivity index (χ0v) is 14.4. The number of hydrogen-bond donors (Lipinski definition) is 2. The summed E-state index contributed by atoms with van der Waals surface area (Å²) < 4.78 is 6.38. The maximum atomic E-state index is 12.0. The molecule has 0 fully saturated rings. The predicted octanol–water partition coefficient (Wildman–Crippen LogP) is 2.99. The number of halogens is 1. The van der Waals surface area contributed by atoms with Crippen molar-refractivity contribution in [2.75, 3.05) is 0 Å². The van der Waals surface area contributed by atoms with E-state index in [2.05, 4.69) is 26.8 Å². The van der Waals surface area contributed by atoms with E-state index >= 15 is 0 Å². The summed E-state index contributed by atoms with van der Waals surface area (Å²) in [6.45, 7) is 3.50. The van der Waals surface area contributed by atoms with E-state index in [4.69, 9.17) is 4.74 Å². The molecule has 0 bridgehead atoms. The first-order valence-corrected chi connectivity index (χ1v) is 7.84. The van der Waals surface area contributed by atoms with E-state index in [0.717, 1.165) is 10.0 Å². The summed E-state index contributed by atoms with van der Waals surface area (Å²) >= 11 is 3.33. The number of carbonyl (C=O) groups is 2. The summed E-state index contributed by atoms with van der Waals surface area (Å²) in [6, 6.07) is 14.3. The van der Waals surface area contributed by atoms with E-state index in [0.29, 0.717) is 11.3 Å². The number of ether oxygens (including phenoxy) is 1. The fourth-order valence-corrected chi connectivity index (χ4v) is 2.25. The first-order valence-electron chi connectivity index (χ1n) is 7.05. The molecule has 1 atom stereocenters. The maximum Gasteiger partial charge on any atom is 0.279 e. The van der Waals surface area contributed by atoms with Crippen LogP contribution in [0, 0.1) is 6.92 Å². The minimum absolute atomic E-state index is 0.378. The van der Waals surface area contributed by atoms with Crippen LogP contribution in [0.2, 0.25) is 0 Å². The summed E-state index contributed by atoms with van der Waals surface area (Å²) in [5.74, 6) is -0.255. The lowest BCUT2D eigenvalue weighted by Gasteiger charge is -2.15. The number of nitrogens with one attached hydrogen (secondary N) is 2. The number of rotatable bonds is 4. The molecule has 2 aromatic rings. The van der Waals surface area contributed by atoms with Gasteiger partial charge in [-0.15, -0.1) is 0 Å². The molecular formula is C17H17BrN2O3. The lowest BCUT2D eigenvalue weighted by molar-refractivity contribution is -0.128. The van der Waals surface area contributed by atoms with Gasteiger partial charge in [0.2, 0.25) is 0 Å². The van der Waals surface area contributed by atoms with E-state index in [-0.39, 0.29) is 5.91 Å². The average molecular weight is 377 g/mol. The molecule has 0 aliphatic heterocycles. The van der Waals surface area contributed by atoms with Crippen LogP contribution in [0.15, 0.2) is 53.0 Å². The highest BCUT2D eigenvalue weighted by atomic mass is 79.9. The van der Waals surface area contributed by atoms with Crippen molar-refractivity contribution < 1.29 is 14.3 Å². The van der Waals surface area contributed by atoms with Gasteiger partial charge in [-0.1, -0.05) is 39.7 Å². The molecule has 0 aliphatic rings. The zero-order chi connectivity index (χ0) is 16.8. The third-order valence-electron chi connectivity index (χ3n) is 3.06. The highest BCUT2D eigenvalue weighted by Crippen LogP contribution is 2.18. The van der Waals surface area contributed by atoms with Crippen molar-refractivity contribution in [3.63, 3.8) is 0 Å². The van der Waals surface area contributed by atoms with Crippen LogP contribution in [0.5, 0.6) is 5.75 Å². The topological polar surface area (TPSA) is 67.4 Å². The van der Waals surface area contributed by atoms with Gasteiger partial charge >= 0.3 is 0 Å². The first-order chi connectivity index (χ1) is 11.0. The van der Waals surface area contributed by atoms with Gasteiger partial charge in [-0.05, 0) is 44.2 Å². The van der Waals surface area contributed by atoms with E-state index in [9.17, 15) is 9.59 Å². The molecular weight excluding hydrogens is 360 g/mol. The second-order valence-corrected chi connectivity index (χ2v) is 5.95. The lowest BCUT2D eigenvalue weighted by Crippen LogP contribution is -2.47. The second-order valence-electron chi connectivity index (χ2n) is 5.03. The lowest BCUT2D eigenvalue weighted by atomic mass is 10.1. The quantitative estimate of drug-likeness (QED) is 0.806. The maximum absolute atomic E-state index is 12.0. The summed E-state index contributed by atoms with van der Waals surface area (Å²) in [4.78, 5) is 23.9.